The van der Waals surface area contributed by atoms with Gasteiger partial charge in [0.15, 0.2) is 0 Å². The Morgan fingerprint density at radius 1 is 1.59 bits per heavy atom. The van der Waals surface area contributed by atoms with E-state index in [1.165, 1.54) is 12.2 Å². The zero-order chi connectivity index (χ0) is 13.3. The van der Waals surface area contributed by atoms with Crippen molar-refractivity contribution in [2.24, 2.45) is 11.3 Å². The highest BCUT2D eigenvalue weighted by Gasteiger charge is 2.53. The minimum absolute atomic E-state index is 0.0594. The Morgan fingerprint density at radius 3 is 2.65 bits per heavy atom. The van der Waals surface area contributed by atoms with Gasteiger partial charge >= 0.3 is 0 Å². The molecule has 0 saturated heterocycles. The molecule has 4 heteroatoms. The van der Waals surface area contributed by atoms with Gasteiger partial charge in [0.2, 0.25) is 0 Å². The summed E-state index contributed by atoms with van der Waals surface area (Å²) < 4.78 is 0. The van der Waals surface area contributed by atoms with Crippen molar-refractivity contribution in [2.45, 2.75) is 45.3 Å². The maximum Gasteiger partial charge on any atom is 0.134 e. The summed E-state index contributed by atoms with van der Waals surface area (Å²) in [5.41, 5.74) is -2.14. The van der Waals surface area contributed by atoms with Crippen LogP contribution in [0.4, 0.5) is 0 Å². The second-order valence-electron chi connectivity index (χ2n) is 5.46. The zero-order valence-electron chi connectivity index (χ0n) is 10.7. The number of aliphatic hydroxyl groups is 3. The van der Waals surface area contributed by atoms with Crippen molar-refractivity contribution >= 4 is 5.78 Å². The van der Waals surface area contributed by atoms with Crippen molar-refractivity contribution in [1.29, 1.82) is 0 Å². The molecule has 0 radical (unpaired) electrons. The van der Waals surface area contributed by atoms with E-state index < -0.39 is 17.1 Å². The molecular weight excluding hydrogens is 220 g/mol. The van der Waals surface area contributed by atoms with Crippen LogP contribution in [0.25, 0.3) is 0 Å². The van der Waals surface area contributed by atoms with Crippen LogP contribution in [0, 0.1) is 11.3 Å². The third-order valence-corrected chi connectivity index (χ3v) is 3.82. The fourth-order valence-corrected chi connectivity index (χ4v) is 2.57. The van der Waals surface area contributed by atoms with Gasteiger partial charge in [0, 0.05) is 18.3 Å². The second kappa shape index (κ2) is 4.88. The molecule has 1 aliphatic rings. The first kappa shape index (κ1) is 14.4. The molecule has 1 fully saturated rings. The molecule has 0 unspecified atom stereocenters. The average molecular weight is 242 g/mol. The molecule has 1 aliphatic carbocycles. The molecule has 0 aromatic heterocycles. The van der Waals surface area contributed by atoms with Gasteiger partial charge in [-0.3, -0.25) is 4.79 Å². The van der Waals surface area contributed by atoms with E-state index in [0.29, 0.717) is 6.42 Å². The largest absolute Gasteiger partial charge is 0.396 e. The number of Topliss-reactive ketones (excluding diaryl/α,β-unsaturated/α-hetero) is 1. The Labute approximate surface area is 102 Å². The predicted molar refractivity (Wildman–Crippen MR) is 64.4 cm³/mol. The molecule has 0 heterocycles. The van der Waals surface area contributed by atoms with Crippen LogP contribution in [0.3, 0.4) is 0 Å². The highest BCUT2D eigenvalue weighted by Crippen LogP contribution is 2.46. The lowest BCUT2D eigenvalue weighted by Gasteiger charge is -2.49. The van der Waals surface area contributed by atoms with Crippen LogP contribution < -0.4 is 0 Å². The molecule has 0 spiro atoms. The van der Waals surface area contributed by atoms with E-state index in [9.17, 15) is 20.1 Å². The Hall–Kier alpha value is -0.710. The molecule has 1 saturated carbocycles. The van der Waals surface area contributed by atoms with Crippen LogP contribution in [0.1, 0.15) is 33.6 Å². The SMILES string of the molecule is C[C@@H]1CC(=O)C[C@](C)(CO)[C@@]1(O)C=C[C@@H](C)O. The van der Waals surface area contributed by atoms with Crippen molar-refractivity contribution in [2.75, 3.05) is 6.61 Å². The molecular formula is C13H22O4. The molecule has 4 atom stereocenters. The number of ketones is 1. The monoisotopic (exact) mass is 242 g/mol. The zero-order valence-corrected chi connectivity index (χ0v) is 10.7. The number of carbonyl (C=O) groups excluding carboxylic acids is 1. The van der Waals surface area contributed by atoms with Gasteiger partial charge in [0.05, 0.1) is 18.3 Å². The van der Waals surface area contributed by atoms with Crippen molar-refractivity contribution in [3.63, 3.8) is 0 Å². The third-order valence-electron chi connectivity index (χ3n) is 3.82. The number of aliphatic hydroxyl groups excluding tert-OH is 2. The van der Waals surface area contributed by atoms with Crippen LogP contribution in [0.15, 0.2) is 12.2 Å². The van der Waals surface area contributed by atoms with Crippen LogP contribution >= 0.6 is 0 Å². The van der Waals surface area contributed by atoms with Gasteiger partial charge in [0.25, 0.3) is 0 Å². The van der Waals surface area contributed by atoms with E-state index in [1.807, 2.05) is 0 Å². The minimum Gasteiger partial charge on any atom is -0.396 e. The summed E-state index contributed by atoms with van der Waals surface area (Å²) >= 11 is 0. The van der Waals surface area contributed by atoms with E-state index in [0.717, 1.165) is 0 Å². The van der Waals surface area contributed by atoms with E-state index in [2.05, 4.69) is 0 Å². The van der Waals surface area contributed by atoms with E-state index in [1.54, 1.807) is 20.8 Å². The van der Waals surface area contributed by atoms with Gasteiger partial charge in [-0.2, -0.15) is 0 Å². The quantitative estimate of drug-likeness (QED) is 0.635. The molecule has 0 aromatic rings. The maximum atomic E-state index is 11.6. The van der Waals surface area contributed by atoms with Crippen LogP contribution in [0.5, 0.6) is 0 Å². The summed E-state index contributed by atoms with van der Waals surface area (Å²) in [6.07, 6.45) is 2.84. The summed E-state index contributed by atoms with van der Waals surface area (Å²) in [7, 11) is 0. The highest BCUT2D eigenvalue weighted by atomic mass is 16.3. The number of hydrogen-bond acceptors (Lipinski definition) is 4. The summed E-state index contributed by atoms with van der Waals surface area (Å²) in [5.74, 6) is -0.208. The van der Waals surface area contributed by atoms with Crippen LogP contribution in [-0.2, 0) is 4.79 Å². The molecule has 0 aliphatic heterocycles. The lowest BCUT2D eigenvalue weighted by Crippen LogP contribution is -2.56. The van der Waals surface area contributed by atoms with E-state index >= 15 is 0 Å². The molecule has 3 N–H and O–H groups in total. The summed E-state index contributed by atoms with van der Waals surface area (Å²) in [5, 5.41) is 29.4. The lowest BCUT2D eigenvalue weighted by atomic mass is 9.59. The van der Waals surface area contributed by atoms with Gasteiger partial charge in [-0.1, -0.05) is 26.0 Å². The topological polar surface area (TPSA) is 77.8 Å². The molecule has 0 aromatic carbocycles. The third kappa shape index (κ3) is 2.59. The Balaban J connectivity index is 3.10. The molecule has 98 valence electrons. The summed E-state index contributed by atoms with van der Waals surface area (Å²) in [6, 6.07) is 0. The van der Waals surface area contributed by atoms with Crippen molar-refractivity contribution in [1.82, 2.24) is 0 Å². The first-order valence-electron chi connectivity index (χ1n) is 5.97. The summed E-state index contributed by atoms with van der Waals surface area (Å²) in [4.78, 5) is 11.6. The molecule has 1 rings (SSSR count). The minimum atomic E-state index is -1.26. The molecule has 0 amide bonds. The van der Waals surface area contributed by atoms with Crippen LogP contribution in [-0.4, -0.2) is 39.4 Å². The molecule has 17 heavy (non-hydrogen) atoms. The Bertz CT molecular complexity index is 323. The molecule has 0 bridgehead atoms. The number of hydrogen-bond donors (Lipinski definition) is 3. The first-order chi connectivity index (χ1) is 7.75. The Kier molecular flexibility index (Phi) is 4.12. The van der Waals surface area contributed by atoms with Gasteiger partial charge in [0.1, 0.15) is 5.78 Å². The van der Waals surface area contributed by atoms with Crippen molar-refractivity contribution < 1.29 is 20.1 Å². The van der Waals surface area contributed by atoms with Gasteiger partial charge < -0.3 is 15.3 Å². The fourth-order valence-electron chi connectivity index (χ4n) is 2.57. The first-order valence-corrected chi connectivity index (χ1v) is 5.97. The normalized spacial score (nSPS) is 40.8. The van der Waals surface area contributed by atoms with Gasteiger partial charge in [-0.05, 0) is 12.8 Å². The maximum absolute atomic E-state index is 11.6. The fraction of sp³-hybridized carbons (Fsp3) is 0.769. The average Bonchev–Trinajstić information content (AvgIpc) is 2.23. The molecule has 4 nitrogen and oxygen atoms in total. The smallest absolute Gasteiger partial charge is 0.134 e. The van der Waals surface area contributed by atoms with Crippen molar-refractivity contribution in [3.8, 4) is 0 Å². The van der Waals surface area contributed by atoms with E-state index in [4.69, 9.17) is 0 Å². The summed E-state index contributed by atoms with van der Waals surface area (Å²) in [6.45, 7) is 4.82. The Morgan fingerprint density at radius 2 is 2.18 bits per heavy atom. The lowest BCUT2D eigenvalue weighted by molar-refractivity contribution is -0.152. The van der Waals surface area contributed by atoms with Gasteiger partial charge in [-0.25, -0.2) is 0 Å². The number of rotatable bonds is 3. The van der Waals surface area contributed by atoms with E-state index in [-0.39, 0.29) is 24.7 Å². The highest BCUT2D eigenvalue weighted by molar-refractivity contribution is 5.81. The van der Waals surface area contributed by atoms with Crippen LogP contribution in [0.2, 0.25) is 0 Å². The number of carbonyl (C=O) groups is 1. The predicted octanol–water partition coefficient (Wildman–Crippen LogP) is 0.652. The standard InChI is InChI=1S/C13H22O4/c1-9-6-11(16)7-12(3,8-14)13(9,17)5-4-10(2)15/h4-5,9-10,14-15,17H,6-8H2,1-3H3/t9-,10-,12-,13-/m1/s1. The second-order valence-corrected chi connectivity index (χ2v) is 5.46. The van der Waals surface area contributed by atoms with Crippen molar-refractivity contribution in [3.05, 3.63) is 12.2 Å². The van der Waals surface area contributed by atoms with Gasteiger partial charge in [-0.15, -0.1) is 0 Å².